The lowest BCUT2D eigenvalue weighted by molar-refractivity contribution is 0.182. The summed E-state index contributed by atoms with van der Waals surface area (Å²) in [6.07, 6.45) is 2.04. The molecule has 0 heterocycles. The second kappa shape index (κ2) is 7.69. The minimum Gasteiger partial charge on any atom is -0.383 e. The molecule has 0 fully saturated rings. The number of halogens is 1. The van der Waals surface area contributed by atoms with Crippen molar-refractivity contribution in [2.45, 2.75) is 25.8 Å². The van der Waals surface area contributed by atoms with Crippen LogP contribution in [0.3, 0.4) is 0 Å². The molecule has 96 valence electrons. The number of benzene rings is 1. The van der Waals surface area contributed by atoms with Crippen molar-refractivity contribution in [1.82, 2.24) is 0 Å². The standard InChI is InChI=1S/C13H21BrN2O/c1-10-8-11(14)5-6-13(10)16-12(9-17-2)4-3-7-15/h5-6,8,12,16H,3-4,7,9,15H2,1-2H3. The average Bonchev–Trinajstić information content (AvgIpc) is 2.29. The van der Waals surface area contributed by atoms with Crippen molar-refractivity contribution in [3.8, 4) is 0 Å². The van der Waals surface area contributed by atoms with E-state index in [1.807, 2.05) is 6.07 Å². The van der Waals surface area contributed by atoms with Crippen LogP contribution in [0.1, 0.15) is 18.4 Å². The van der Waals surface area contributed by atoms with Crippen LogP contribution < -0.4 is 11.1 Å². The molecular formula is C13H21BrN2O. The highest BCUT2D eigenvalue weighted by molar-refractivity contribution is 9.10. The number of methoxy groups -OCH3 is 1. The van der Waals surface area contributed by atoms with Crippen LogP contribution in [0.4, 0.5) is 5.69 Å². The van der Waals surface area contributed by atoms with E-state index in [1.165, 1.54) is 5.56 Å². The number of hydrogen-bond donors (Lipinski definition) is 2. The van der Waals surface area contributed by atoms with E-state index in [-0.39, 0.29) is 0 Å². The summed E-state index contributed by atoms with van der Waals surface area (Å²) >= 11 is 3.47. The molecule has 0 saturated heterocycles. The van der Waals surface area contributed by atoms with Crippen LogP contribution in [0.5, 0.6) is 0 Å². The minimum absolute atomic E-state index is 0.323. The van der Waals surface area contributed by atoms with Gasteiger partial charge in [0.15, 0.2) is 0 Å². The summed E-state index contributed by atoms with van der Waals surface area (Å²) in [5.41, 5.74) is 7.93. The maximum absolute atomic E-state index is 5.54. The Kier molecular flexibility index (Phi) is 6.55. The van der Waals surface area contributed by atoms with Gasteiger partial charge in [0.05, 0.1) is 6.61 Å². The Balaban J connectivity index is 2.64. The van der Waals surface area contributed by atoms with Crippen LogP contribution in [0.15, 0.2) is 22.7 Å². The molecule has 1 unspecified atom stereocenters. The van der Waals surface area contributed by atoms with Crippen molar-refractivity contribution in [2.75, 3.05) is 25.6 Å². The Morgan fingerprint density at radius 3 is 2.82 bits per heavy atom. The number of ether oxygens (including phenoxy) is 1. The molecule has 1 aromatic rings. The van der Waals surface area contributed by atoms with Crippen LogP contribution in [-0.4, -0.2) is 26.3 Å². The Bertz CT molecular complexity index is 344. The summed E-state index contributed by atoms with van der Waals surface area (Å²) in [5, 5.41) is 3.51. The molecule has 0 aliphatic carbocycles. The van der Waals surface area contributed by atoms with Gasteiger partial charge in [-0.05, 0) is 50.1 Å². The van der Waals surface area contributed by atoms with Gasteiger partial charge in [-0.2, -0.15) is 0 Å². The third-order valence-electron chi connectivity index (χ3n) is 2.67. The number of rotatable bonds is 7. The van der Waals surface area contributed by atoms with Crippen LogP contribution in [0.2, 0.25) is 0 Å². The summed E-state index contributed by atoms with van der Waals surface area (Å²) in [6, 6.07) is 6.56. The second-order valence-electron chi connectivity index (χ2n) is 4.19. The normalized spacial score (nSPS) is 12.5. The first-order valence-electron chi connectivity index (χ1n) is 5.89. The maximum Gasteiger partial charge on any atom is 0.0664 e. The number of nitrogens with two attached hydrogens (primary N) is 1. The van der Waals surface area contributed by atoms with Crippen LogP contribution >= 0.6 is 15.9 Å². The third kappa shape index (κ3) is 5.06. The van der Waals surface area contributed by atoms with E-state index in [0.29, 0.717) is 12.6 Å². The summed E-state index contributed by atoms with van der Waals surface area (Å²) in [6.45, 7) is 3.52. The fourth-order valence-corrected chi connectivity index (χ4v) is 2.25. The summed E-state index contributed by atoms with van der Waals surface area (Å²) < 4.78 is 6.33. The van der Waals surface area contributed by atoms with Crippen molar-refractivity contribution in [3.63, 3.8) is 0 Å². The highest BCUT2D eigenvalue weighted by atomic mass is 79.9. The Morgan fingerprint density at radius 2 is 2.24 bits per heavy atom. The summed E-state index contributed by atoms with van der Waals surface area (Å²) in [5.74, 6) is 0. The van der Waals surface area contributed by atoms with Gasteiger partial charge in [-0.3, -0.25) is 0 Å². The van der Waals surface area contributed by atoms with E-state index in [1.54, 1.807) is 7.11 Å². The SMILES string of the molecule is COCC(CCCN)Nc1ccc(Br)cc1C. The van der Waals surface area contributed by atoms with E-state index in [2.05, 4.69) is 40.3 Å². The van der Waals surface area contributed by atoms with Gasteiger partial charge in [0.2, 0.25) is 0 Å². The molecule has 3 nitrogen and oxygen atoms in total. The van der Waals surface area contributed by atoms with E-state index < -0.39 is 0 Å². The Morgan fingerprint density at radius 1 is 1.47 bits per heavy atom. The molecule has 0 aliphatic rings. The molecule has 4 heteroatoms. The quantitative estimate of drug-likeness (QED) is 0.814. The van der Waals surface area contributed by atoms with Gasteiger partial charge in [-0.25, -0.2) is 0 Å². The highest BCUT2D eigenvalue weighted by Gasteiger charge is 2.09. The van der Waals surface area contributed by atoms with E-state index in [9.17, 15) is 0 Å². The number of nitrogens with one attached hydrogen (secondary N) is 1. The first-order valence-corrected chi connectivity index (χ1v) is 6.68. The molecule has 17 heavy (non-hydrogen) atoms. The van der Waals surface area contributed by atoms with Crippen molar-refractivity contribution in [3.05, 3.63) is 28.2 Å². The Labute approximate surface area is 112 Å². The largest absolute Gasteiger partial charge is 0.383 e. The first kappa shape index (κ1) is 14.5. The Hall–Kier alpha value is -0.580. The molecule has 1 aromatic carbocycles. The molecule has 0 bridgehead atoms. The molecule has 1 rings (SSSR count). The average molecular weight is 301 g/mol. The second-order valence-corrected chi connectivity index (χ2v) is 5.10. The number of hydrogen-bond acceptors (Lipinski definition) is 3. The van der Waals surface area contributed by atoms with Crippen LogP contribution in [0.25, 0.3) is 0 Å². The van der Waals surface area contributed by atoms with Crippen molar-refractivity contribution in [2.24, 2.45) is 5.73 Å². The molecule has 0 aliphatic heterocycles. The van der Waals surface area contributed by atoms with Crippen molar-refractivity contribution in [1.29, 1.82) is 0 Å². The highest BCUT2D eigenvalue weighted by Crippen LogP contribution is 2.21. The molecule has 0 spiro atoms. The summed E-state index contributed by atoms with van der Waals surface area (Å²) in [4.78, 5) is 0. The maximum atomic E-state index is 5.54. The lowest BCUT2D eigenvalue weighted by Gasteiger charge is -2.20. The van der Waals surface area contributed by atoms with Crippen molar-refractivity contribution < 1.29 is 4.74 Å². The number of anilines is 1. The van der Waals surface area contributed by atoms with Gasteiger partial charge in [0.1, 0.15) is 0 Å². The topological polar surface area (TPSA) is 47.3 Å². The van der Waals surface area contributed by atoms with E-state index in [0.717, 1.165) is 29.5 Å². The third-order valence-corrected chi connectivity index (χ3v) is 3.17. The van der Waals surface area contributed by atoms with Gasteiger partial charge in [-0.1, -0.05) is 15.9 Å². The zero-order chi connectivity index (χ0) is 12.7. The van der Waals surface area contributed by atoms with Gasteiger partial charge in [-0.15, -0.1) is 0 Å². The zero-order valence-electron chi connectivity index (χ0n) is 10.5. The first-order chi connectivity index (χ1) is 8.17. The monoisotopic (exact) mass is 300 g/mol. The molecule has 1 atom stereocenters. The summed E-state index contributed by atoms with van der Waals surface area (Å²) in [7, 11) is 1.73. The smallest absolute Gasteiger partial charge is 0.0664 e. The molecular weight excluding hydrogens is 280 g/mol. The molecule has 3 N–H and O–H groups in total. The van der Waals surface area contributed by atoms with Gasteiger partial charge >= 0.3 is 0 Å². The molecule has 0 aromatic heterocycles. The lowest BCUT2D eigenvalue weighted by atomic mass is 10.1. The van der Waals surface area contributed by atoms with E-state index in [4.69, 9.17) is 10.5 Å². The van der Waals surface area contributed by atoms with Crippen LogP contribution in [0, 0.1) is 6.92 Å². The van der Waals surface area contributed by atoms with Crippen molar-refractivity contribution >= 4 is 21.6 Å². The van der Waals surface area contributed by atoms with E-state index >= 15 is 0 Å². The number of aryl methyl sites for hydroxylation is 1. The fraction of sp³-hybridized carbons (Fsp3) is 0.538. The molecule has 0 radical (unpaired) electrons. The predicted molar refractivity (Wildman–Crippen MR) is 76.5 cm³/mol. The minimum atomic E-state index is 0.323. The van der Waals surface area contributed by atoms with Gasteiger partial charge < -0.3 is 15.8 Å². The fourth-order valence-electron chi connectivity index (χ4n) is 1.77. The van der Waals surface area contributed by atoms with Gasteiger partial charge in [0.25, 0.3) is 0 Å². The molecule has 0 amide bonds. The lowest BCUT2D eigenvalue weighted by Crippen LogP contribution is -2.26. The molecule has 0 saturated carbocycles. The predicted octanol–water partition coefficient (Wildman–Crippen LogP) is 2.92. The van der Waals surface area contributed by atoms with Crippen LogP contribution in [-0.2, 0) is 4.74 Å². The van der Waals surface area contributed by atoms with Gasteiger partial charge in [0, 0.05) is 23.3 Å². The zero-order valence-corrected chi connectivity index (χ0v) is 12.1.